The van der Waals surface area contributed by atoms with Gasteiger partial charge < -0.3 is 15.4 Å². The predicted molar refractivity (Wildman–Crippen MR) is 121 cm³/mol. The molecule has 0 fully saturated rings. The minimum absolute atomic E-state index is 0.203. The zero-order valence-corrected chi connectivity index (χ0v) is 17.8. The molecule has 31 heavy (non-hydrogen) atoms. The van der Waals surface area contributed by atoms with Gasteiger partial charge in [-0.2, -0.15) is 5.10 Å². The number of nitrogens with zero attached hydrogens (tertiary/aromatic N) is 5. The van der Waals surface area contributed by atoms with Crippen molar-refractivity contribution in [2.24, 2.45) is 0 Å². The molecule has 0 saturated heterocycles. The van der Waals surface area contributed by atoms with Crippen molar-refractivity contribution in [2.45, 2.75) is 13.5 Å². The highest BCUT2D eigenvalue weighted by Crippen LogP contribution is 2.22. The van der Waals surface area contributed by atoms with Gasteiger partial charge in [0.2, 0.25) is 0 Å². The third-order valence-electron chi connectivity index (χ3n) is 4.51. The molecule has 0 atom stereocenters. The van der Waals surface area contributed by atoms with Crippen molar-refractivity contribution in [3.8, 4) is 17.0 Å². The Morgan fingerprint density at radius 3 is 2.87 bits per heavy atom. The van der Waals surface area contributed by atoms with Gasteiger partial charge in [-0.1, -0.05) is 12.1 Å². The number of rotatable bonds is 6. The van der Waals surface area contributed by atoms with Gasteiger partial charge >= 0.3 is 0 Å². The summed E-state index contributed by atoms with van der Waals surface area (Å²) in [5, 5.41) is 10.8. The Morgan fingerprint density at radius 1 is 1.19 bits per heavy atom. The van der Waals surface area contributed by atoms with E-state index >= 15 is 0 Å². The van der Waals surface area contributed by atoms with Crippen LogP contribution in [0.3, 0.4) is 0 Å². The number of thiocarbonyl (C=S) groups is 1. The van der Waals surface area contributed by atoms with Gasteiger partial charge in [0, 0.05) is 23.9 Å². The molecule has 3 aromatic heterocycles. The first-order chi connectivity index (χ1) is 15.1. The minimum atomic E-state index is -0.396. The SMILES string of the molecule is CCNC(=S)Nc1ccc2ncc(-c3cnn(Cc4cccc(OC)c4F)c3)nc2n1. The number of ether oxygens (including phenoxy) is 1. The van der Waals surface area contributed by atoms with Gasteiger partial charge in [-0.05, 0) is 37.3 Å². The van der Waals surface area contributed by atoms with Gasteiger partial charge in [-0.3, -0.25) is 9.67 Å². The van der Waals surface area contributed by atoms with E-state index in [9.17, 15) is 4.39 Å². The Bertz CT molecular complexity index is 1240. The number of methoxy groups -OCH3 is 1. The van der Waals surface area contributed by atoms with E-state index in [4.69, 9.17) is 17.0 Å². The molecular weight excluding hydrogens is 417 g/mol. The van der Waals surface area contributed by atoms with E-state index in [1.807, 2.05) is 13.0 Å². The molecular formula is C21H20FN7OS. The lowest BCUT2D eigenvalue weighted by Gasteiger charge is -2.08. The molecule has 0 aliphatic carbocycles. The van der Waals surface area contributed by atoms with E-state index in [-0.39, 0.29) is 12.3 Å². The van der Waals surface area contributed by atoms with Crippen LogP contribution in [0.25, 0.3) is 22.4 Å². The number of benzene rings is 1. The van der Waals surface area contributed by atoms with E-state index in [0.29, 0.717) is 39.9 Å². The van der Waals surface area contributed by atoms with Crippen LogP contribution in [0.4, 0.5) is 10.2 Å². The van der Waals surface area contributed by atoms with Crippen molar-refractivity contribution in [2.75, 3.05) is 19.0 Å². The molecule has 0 amide bonds. The summed E-state index contributed by atoms with van der Waals surface area (Å²) in [6.07, 6.45) is 5.11. The van der Waals surface area contributed by atoms with Crippen LogP contribution >= 0.6 is 12.2 Å². The van der Waals surface area contributed by atoms with Gasteiger partial charge in [-0.25, -0.2) is 14.4 Å². The molecule has 8 nitrogen and oxygen atoms in total. The monoisotopic (exact) mass is 437 g/mol. The molecule has 0 saturated carbocycles. The van der Waals surface area contributed by atoms with Crippen molar-refractivity contribution in [1.29, 1.82) is 0 Å². The van der Waals surface area contributed by atoms with Crippen LogP contribution in [0, 0.1) is 5.82 Å². The number of anilines is 1. The molecule has 4 rings (SSSR count). The predicted octanol–water partition coefficient (Wildman–Crippen LogP) is 3.39. The van der Waals surface area contributed by atoms with E-state index in [0.717, 1.165) is 5.56 Å². The summed E-state index contributed by atoms with van der Waals surface area (Å²) in [4.78, 5) is 13.5. The lowest BCUT2D eigenvalue weighted by molar-refractivity contribution is 0.383. The number of pyridine rings is 1. The van der Waals surface area contributed by atoms with Crippen molar-refractivity contribution in [1.82, 2.24) is 30.0 Å². The molecule has 3 heterocycles. The van der Waals surface area contributed by atoms with E-state index in [2.05, 4.69) is 30.7 Å². The summed E-state index contributed by atoms with van der Waals surface area (Å²) in [5.74, 6) is 0.385. The number of aromatic nitrogens is 5. The van der Waals surface area contributed by atoms with Crippen LogP contribution in [0.5, 0.6) is 5.75 Å². The summed E-state index contributed by atoms with van der Waals surface area (Å²) >= 11 is 5.20. The third-order valence-corrected chi connectivity index (χ3v) is 4.76. The van der Waals surface area contributed by atoms with Crippen LogP contribution in [0.1, 0.15) is 12.5 Å². The number of fused-ring (bicyclic) bond motifs is 1. The highest BCUT2D eigenvalue weighted by molar-refractivity contribution is 7.80. The van der Waals surface area contributed by atoms with Crippen molar-refractivity contribution < 1.29 is 9.13 Å². The summed E-state index contributed by atoms with van der Waals surface area (Å²) in [6, 6.07) is 8.64. The zero-order chi connectivity index (χ0) is 21.8. The minimum Gasteiger partial charge on any atom is -0.494 e. The second-order valence-electron chi connectivity index (χ2n) is 6.64. The standard InChI is InChI=1S/C21H20FN7OS/c1-3-23-21(31)28-18-8-7-15-20(27-18)26-16(10-24-15)14-9-25-29(12-14)11-13-5-4-6-17(30-2)19(13)22/h4-10,12H,3,11H2,1-2H3,(H2,23,26,27,28,31). The zero-order valence-electron chi connectivity index (χ0n) is 17.0. The fourth-order valence-corrected chi connectivity index (χ4v) is 3.27. The molecule has 2 N–H and O–H groups in total. The molecule has 0 radical (unpaired) electrons. The van der Waals surface area contributed by atoms with Gasteiger partial charge in [0.05, 0.1) is 31.7 Å². The molecule has 0 aliphatic rings. The third kappa shape index (κ3) is 4.58. The van der Waals surface area contributed by atoms with E-state index in [1.54, 1.807) is 47.5 Å². The fourth-order valence-electron chi connectivity index (χ4n) is 3.02. The highest BCUT2D eigenvalue weighted by atomic mass is 32.1. The summed E-state index contributed by atoms with van der Waals surface area (Å²) in [6.45, 7) is 2.94. The Balaban J connectivity index is 1.58. The molecule has 4 aromatic rings. The van der Waals surface area contributed by atoms with Crippen LogP contribution in [0.15, 0.2) is 48.9 Å². The highest BCUT2D eigenvalue weighted by Gasteiger charge is 2.11. The normalized spacial score (nSPS) is 10.8. The van der Waals surface area contributed by atoms with E-state index < -0.39 is 5.82 Å². The Morgan fingerprint density at radius 2 is 2.06 bits per heavy atom. The van der Waals surface area contributed by atoms with Gasteiger partial charge in [0.15, 0.2) is 22.3 Å². The number of hydrogen-bond acceptors (Lipinski definition) is 6. The quantitative estimate of drug-likeness (QED) is 0.444. The molecule has 0 aliphatic heterocycles. The Hall–Kier alpha value is -3.66. The Kier molecular flexibility index (Phi) is 5.99. The first kappa shape index (κ1) is 20.6. The van der Waals surface area contributed by atoms with Gasteiger partial charge in [-0.15, -0.1) is 0 Å². The van der Waals surface area contributed by atoms with Gasteiger partial charge in [0.1, 0.15) is 11.3 Å². The Labute approximate surface area is 183 Å². The van der Waals surface area contributed by atoms with Crippen molar-refractivity contribution in [3.05, 3.63) is 60.3 Å². The average molecular weight is 438 g/mol. The van der Waals surface area contributed by atoms with E-state index in [1.165, 1.54) is 7.11 Å². The molecule has 158 valence electrons. The van der Waals surface area contributed by atoms with Crippen LogP contribution in [-0.4, -0.2) is 43.5 Å². The fraction of sp³-hybridized carbons (Fsp3) is 0.190. The second kappa shape index (κ2) is 9.00. The lowest BCUT2D eigenvalue weighted by atomic mass is 10.2. The largest absolute Gasteiger partial charge is 0.494 e. The average Bonchev–Trinajstić information content (AvgIpc) is 3.23. The van der Waals surface area contributed by atoms with Gasteiger partial charge in [0.25, 0.3) is 0 Å². The summed E-state index contributed by atoms with van der Waals surface area (Å²) in [7, 11) is 1.44. The van der Waals surface area contributed by atoms with Crippen molar-refractivity contribution >= 4 is 34.3 Å². The summed E-state index contributed by atoms with van der Waals surface area (Å²) in [5.41, 5.74) is 2.99. The maximum Gasteiger partial charge on any atom is 0.180 e. The second-order valence-corrected chi connectivity index (χ2v) is 7.05. The first-order valence-electron chi connectivity index (χ1n) is 9.60. The topological polar surface area (TPSA) is 89.8 Å². The van der Waals surface area contributed by atoms with Crippen LogP contribution in [-0.2, 0) is 6.54 Å². The smallest absolute Gasteiger partial charge is 0.180 e. The van der Waals surface area contributed by atoms with Crippen LogP contribution < -0.4 is 15.4 Å². The van der Waals surface area contributed by atoms with Crippen LogP contribution in [0.2, 0.25) is 0 Å². The maximum atomic E-state index is 14.4. The molecule has 1 aromatic carbocycles. The lowest BCUT2D eigenvalue weighted by Crippen LogP contribution is -2.28. The summed E-state index contributed by atoms with van der Waals surface area (Å²) < 4.78 is 21.1. The molecule has 0 bridgehead atoms. The molecule has 0 unspecified atom stereocenters. The first-order valence-corrected chi connectivity index (χ1v) is 10.0. The maximum absolute atomic E-state index is 14.4. The molecule has 10 heteroatoms. The number of nitrogens with one attached hydrogen (secondary N) is 2. The molecule has 0 spiro atoms. The number of halogens is 1. The number of hydrogen-bond donors (Lipinski definition) is 2. The van der Waals surface area contributed by atoms with Crippen molar-refractivity contribution in [3.63, 3.8) is 0 Å².